The predicted molar refractivity (Wildman–Crippen MR) is 160 cm³/mol. The van der Waals surface area contributed by atoms with E-state index in [1.54, 1.807) is 36.4 Å². The molecule has 9 heteroatoms. The lowest BCUT2D eigenvalue weighted by Gasteiger charge is -2.23. The van der Waals surface area contributed by atoms with E-state index in [-0.39, 0.29) is 23.9 Å². The number of hydrogen-bond donors (Lipinski definition) is 1. The van der Waals surface area contributed by atoms with Crippen molar-refractivity contribution in [1.29, 1.82) is 0 Å². The molecule has 210 valence electrons. The number of aromatic nitrogens is 2. The van der Waals surface area contributed by atoms with E-state index >= 15 is 0 Å². The third-order valence-electron chi connectivity index (χ3n) is 6.75. The van der Waals surface area contributed by atoms with Crippen molar-refractivity contribution in [3.8, 4) is 16.9 Å². The third-order valence-corrected chi connectivity index (χ3v) is 8.59. The van der Waals surface area contributed by atoms with Crippen LogP contribution in [0.5, 0.6) is 0 Å². The van der Waals surface area contributed by atoms with Gasteiger partial charge in [0.15, 0.2) is 0 Å². The Bertz CT molecular complexity index is 1770. The SMILES string of the molecule is CC(C)CCN(CC(=O)Nc1cc(-c2ccccc2)nn1-c1ccc(F)cc1)S(=O)(=O)c1ccc2ccccc2c1. The number of halogens is 1. The summed E-state index contributed by atoms with van der Waals surface area (Å²) >= 11 is 0. The second kappa shape index (κ2) is 12.0. The highest BCUT2D eigenvalue weighted by Crippen LogP contribution is 2.26. The Labute approximate surface area is 239 Å². The van der Waals surface area contributed by atoms with Crippen LogP contribution in [0.2, 0.25) is 0 Å². The lowest BCUT2D eigenvalue weighted by atomic mass is 10.1. The van der Waals surface area contributed by atoms with Crippen LogP contribution in [0.15, 0.2) is 108 Å². The van der Waals surface area contributed by atoms with Crippen molar-refractivity contribution >= 4 is 32.5 Å². The fourth-order valence-corrected chi connectivity index (χ4v) is 5.95. The molecule has 1 heterocycles. The quantitative estimate of drug-likeness (QED) is 0.208. The van der Waals surface area contributed by atoms with Crippen molar-refractivity contribution in [2.24, 2.45) is 5.92 Å². The molecule has 1 N–H and O–H groups in total. The molecule has 0 unspecified atom stereocenters. The number of anilines is 1. The fraction of sp³-hybridized carbons (Fsp3) is 0.188. The molecule has 0 saturated carbocycles. The summed E-state index contributed by atoms with van der Waals surface area (Å²) in [5, 5.41) is 9.23. The molecule has 41 heavy (non-hydrogen) atoms. The van der Waals surface area contributed by atoms with Crippen molar-refractivity contribution < 1.29 is 17.6 Å². The number of nitrogens with zero attached hydrogens (tertiary/aromatic N) is 3. The van der Waals surface area contributed by atoms with Crippen LogP contribution in [0, 0.1) is 11.7 Å². The van der Waals surface area contributed by atoms with E-state index in [2.05, 4.69) is 10.4 Å². The summed E-state index contributed by atoms with van der Waals surface area (Å²) in [6, 6.07) is 29.4. The Hall–Kier alpha value is -4.34. The minimum atomic E-state index is -3.97. The van der Waals surface area contributed by atoms with Gasteiger partial charge in [0.25, 0.3) is 0 Å². The van der Waals surface area contributed by atoms with Crippen molar-refractivity contribution in [2.75, 3.05) is 18.4 Å². The van der Waals surface area contributed by atoms with E-state index in [0.29, 0.717) is 23.6 Å². The molecule has 0 aliphatic heterocycles. The summed E-state index contributed by atoms with van der Waals surface area (Å²) in [5.74, 6) is -0.330. The van der Waals surface area contributed by atoms with Crippen LogP contribution in [-0.2, 0) is 14.8 Å². The molecule has 5 aromatic rings. The number of carbonyl (C=O) groups is 1. The molecule has 0 saturated heterocycles. The predicted octanol–water partition coefficient (Wildman–Crippen LogP) is 6.51. The van der Waals surface area contributed by atoms with Gasteiger partial charge in [0.1, 0.15) is 11.6 Å². The van der Waals surface area contributed by atoms with Crippen molar-refractivity contribution in [3.63, 3.8) is 0 Å². The number of rotatable bonds is 10. The van der Waals surface area contributed by atoms with E-state index in [9.17, 15) is 17.6 Å². The van der Waals surface area contributed by atoms with Gasteiger partial charge >= 0.3 is 0 Å². The van der Waals surface area contributed by atoms with E-state index in [0.717, 1.165) is 16.3 Å². The van der Waals surface area contributed by atoms with Crippen LogP contribution < -0.4 is 5.32 Å². The van der Waals surface area contributed by atoms with Gasteiger partial charge in [0.2, 0.25) is 15.9 Å². The first-order valence-electron chi connectivity index (χ1n) is 13.4. The van der Waals surface area contributed by atoms with Crippen LogP contribution >= 0.6 is 0 Å². The first kappa shape index (κ1) is 28.2. The van der Waals surface area contributed by atoms with Crippen LogP contribution in [0.1, 0.15) is 20.3 Å². The maximum absolute atomic E-state index is 13.8. The Morgan fingerprint density at radius 3 is 2.29 bits per heavy atom. The molecule has 0 aliphatic carbocycles. The molecule has 0 aliphatic rings. The average Bonchev–Trinajstić information content (AvgIpc) is 3.39. The first-order chi connectivity index (χ1) is 19.7. The minimum absolute atomic E-state index is 0.135. The van der Waals surface area contributed by atoms with E-state index < -0.39 is 21.7 Å². The molecular formula is C32H31FN4O3S. The van der Waals surface area contributed by atoms with E-state index in [1.165, 1.54) is 21.1 Å². The van der Waals surface area contributed by atoms with Gasteiger partial charge < -0.3 is 5.32 Å². The largest absolute Gasteiger partial charge is 0.309 e. The standard InChI is InChI=1S/C32H31FN4O3S/c1-23(2)18-19-36(41(39,40)29-17-12-24-8-6-7-11-26(24)20-29)22-32(38)34-31-21-30(25-9-4-3-5-10-25)35-37(31)28-15-13-27(33)14-16-28/h3-17,20-21,23H,18-19,22H2,1-2H3,(H,34,38). The van der Waals surface area contributed by atoms with Crippen LogP contribution in [0.4, 0.5) is 10.2 Å². The lowest BCUT2D eigenvalue weighted by Crippen LogP contribution is -2.39. The van der Waals surface area contributed by atoms with Gasteiger partial charge in [0, 0.05) is 18.2 Å². The summed E-state index contributed by atoms with van der Waals surface area (Å²) in [5.41, 5.74) is 1.98. The highest BCUT2D eigenvalue weighted by Gasteiger charge is 2.27. The van der Waals surface area contributed by atoms with Gasteiger partial charge in [-0.1, -0.05) is 74.5 Å². The van der Waals surface area contributed by atoms with Gasteiger partial charge in [-0.3, -0.25) is 4.79 Å². The topological polar surface area (TPSA) is 84.3 Å². The Kier molecular flexibility index (Phi) is 8.28. The lowest BCUT2D eigenvalue weighted by molar-refractivity contribution is -0.116. The van der Waals surface area contributed by atoms with Crippen LogP contribution in [-0.4, -0.2) is 41.5 Å². The van der Waals surface area contributed by atoms with Crippen LogP contribution in [0.3, 0.4) is 0 Å². The molecule has 0 spiro atoms. The molecule has 1 aromatic heterocycles. The number of carbonyl (C=O) groups excluding carboxylic acids is 1. The second-order valence-electron chi connectivity index (χ2n) is 10.2. The van der Waals surface area contributed by atoms with Gasteiger partial charge in [-0.2, -0.15) is 9.40 Å². The molecule has 5 rings (SSSR count). The Morgan fingerprint density at radius 1 is 0.902 bits per heavy atom. The maximum Gasteiger partial charge on any atom is 0.243 e. The zero-order chi connectivity index (χ0) is 29.0. The molecule has 0 bridgehead atoms. The molecular weight excluding hydrogens is 539 g/mol. The summed E-state index contributed by atoms with van der Waals surface area (Å²) in [6.07, 6.45) is 0.589. The normalized spacial score (nSPS) is 11.8. The summed E-state index contributed by atoms with van der Waals surface area (Å²) in [4.78, 5) is 13.6. The minimum Gasteiger partial charge on any atom is -0.309 e. The number of sulfonamides is 1. The van der Waals surface area contributed by atoms with Gasteiger partial charge in [0.05, 0.1) is 22.8 Å². The third kappa shape index (κ3) is 6.53. The number of amides is 1. The number of fused-ring (bicyclic) bond motifs is 1. The van der Waals surface area contributed by atoms with Crippen molar-refractivity contribution in [1.82, 2.24) is 14.1 Å². The average molecular weight is 571 g/mol. The zero-order valence-electron chi connectivity index (χ0n) is 22.9. The molecule has 7 nitrogen and oxygen atoms in total. The first-order valence-corrected chi connectivity index (χ1v) is 14.8. The zero-order valence-corrected chi connectivity index (χ0v) is 23.7. The highest BCUT2D eigenvalue weighted by atomic mass is 32.2. The van der Waals surface area contributed by atoms with Gasteiger partial charge in [-0.25, -0.2) is 17.5 Å². The summed E-state index contributed by atoms with van der Waals surface area (Å²) in [7, 11) is -3.97. The van der Waals surface area contributed by atoms with E-state index in [4.69, 9.17) is 0 Å². The van der Waals surface area contributed by atoms with Crippen molar-refractivity contribution in [2.45, 2.75) is 25.2 Å². The summed E-state index contributed by atoms with van der Waals surface area (Å²) in [6.45, 7) is 3.82. The summed E-state index contributed by atoms with van der Waals surface area (Å²) < 4.78 is 43.9. The fourth-order valence-electron chi connectivity index (χ4n) is 4.51. The maximum atomic E-state index is 13.8. The number of benzene rings is 4. The second-order valence-corrected chi connectivity index (χ2v) is 12.2. The van der Waals surface area contributed by atoms with Crippen molar-refractivity contribution in [3.05, 3.63) is 109 Å². The molecule has 4 aromatic carbocycles. The smallest absolute Gasteiger partial charge is 0.243 e. The molecule has 0 atom stereocenters. The molecule has 0 radical (unpaired) electrons. The highest BCUT2D eigenvalue weighted by molar-refractivity contribution is 7.89. The van der Waals surface area contributed by atoms with Gasteiger partial charge in [-0.05, 0) is 59.5 Å². The monoisotopic (exact) mass is 570 g/mol. The Balaban J connectivity index is 1.45. The van der Waals surface area contributed by atoms with E-state index in [1.807, 2.05) is 68.4 Å². The Morgan fingerprint density at radius 2 is 1.59 bits per heavy atom. The molecule has 1 amide bonds. The van der Waals surface area contributed by atoms with Gasteiger partial charge in [-0.15, -0.1) is 0 Å². The molecule has 0 fully saturated rings. The van der Waals surface area contributed by atoms with Crippen LogP contribution in [0.25, 0.3) is 27.7 Å². The number of nitrogens with one attached hydrogen (secondary N) is 1. The number of hydrogen-bond acceptors (Lipinski definition) is 4.